The van der Waals surface area contributed by atoms with Gasteiger partial charge in [-0.2, -0.15) is 0 Å². The zero-order valence-electron chi connectivity index (χ0n) is 13.5. The third kappa shape index (κ3) is 5.95. The average molecular weight is 326 g/mol. The summed E-state index contributed by atoms with van der Waals surface area (Å²) in [4.78, 5) is 14.3. The second-order valence-corrected chi connectivity index (χ2v) is 5.98. The molecule has 2 rings (SSSR count). The van der Waals surface area contributed by atoms with E-state index in [1.165, 1.54) is 12.0 Å². The van der Waals surface area contributed by atoms with Gasteiger partial charge in [0.25, 0.3) is 0 Å². The first-order chi connectivity index (χ1) is 10.2. The van der Waals surface area contributed by atoms with Crippen LogP contribution in [0.25, 0.3) is 0 Å². The molecule has 1 aromatic carbocycles. The summed E-state index contributed by atoms with van der Waals surface area (Å²) in [5.74, 6) is 0.714. The molecule has 5 heteroatoms. The van der Waals surface area contributed by atoms with Crippen LogP contribution in [0.5, 0.6) is 0 Å². The number of carbonyl (C=O) groups excluding carboxylic acids is 1. The summed E-state index contributed by atoms with van der Waals surface area (Å²) in [7, 11) is 1.87. The van der Waals surface area contributed by atoms with Crippen molar-refractivity contribution in [2.45, 2.75) is 32.4 Å². The fraction of sp³-hybridized carbons (Fsp3) is 0.588. The second-order valence-electron chi connectivity index (χ2n) is 5.98. The van der Waals surface area contributed by atoms with Crippen molar-refractivity contribution in [2.24, 2.45) is 5.92 Å². The first kappa shape index (κ1) is 18.9. The zero-order chi connectivity index (χ0) is 15.1. The van der Waals surface area contributed by atoms with Crippen LogP contribution in [0, 0.1) is 5.92 Å². The van der Waals surface area contributed by atoms with E-state index in [0.717, 1.165) is 26.2 Å². The number of amides is 1. The second kappa shape index (κ2) is 9.82. The zero-order valence-corrected chi connectivity index (χ0v) is 14.4. The van der Waals surface area contributed by atoms with Crippen molar-refractivity contribution in [1.29, 1.82) is 0 Å². The lowest BCUT2D eigenvalue weighted by Gasteiger charge is -2.22. The summed E-state index contributed by atoms with van der Waals surface area (Å²) >= 11 is 0. The molecule has 124 valence electrons. The maximum atomic E-state index is 11.8. The molecular formula is C17H28ClN3O. The van der Waals surface area contributed by atoms with Crippen LogP contribution in [-0.4, -0.2) is 43.5 Å². The number of benzene rings is 1. The van der Waals surface area contributed by atoms with Crippen LogP contribution < -0.4 is 10.6 Å². The Kier molecular flexibility index (Phi) is 8.46. The highest BCUT2D eigenvalue weighted by molar-refractivity contribution is 5.85. The predicted octanol–water partition coefficient (Wildman–Crippen LogP) is 2.04. The standard InChI is InChI=1S/C17H27N3O.ClH/c1-14(19-17(21)8-10-18-2)16-9-11-20(13-16)12-15-6-4-3-5-7-15;/h3-7,14,16,18H,8-13H2,1-2H3,(H,19,21);1H. The molecule has 0 bridgehead atoms. The van der Waals surface area contributed by atoms with Crippen molar-refractivity contribution in [3.63, 3.8) is 0 Å². The fourth-order valence-corrected chi connectivity index (χ4v) is 2.94. The number of carbonyl (C=O) groups is 1. The monoisotopic (exact) mass is 325 g/mol. The third-order valence-electron chi connectivity index (χ3n) is 4.26. The van der Waals surface area contributed by atoms with E-state index in [4.69, 9.17) is 0 Å². The van der Waals surface area contributed by atoms with Gasteiger partial charge in [-0.05, 0) is 38.4 Å². The van der Waals surface area contributed by atoms with Gasteiger partial charge in [0.2, 0.25) is 5.91 Å². The van der Waals surface area contributed by atoms with Crippen LogP contribution >= 0.6 is 12.4 Å². The van der Waals surface area contributed by atoms with Gasteiger partial charge in [0.1, 0.15) is 0 Å². The quantitative estimate of drug-likeness (QED) is 0.806. The van der Waals surface area contributed by atoms with Crippen molar-refractivity contribution in [2.75, 3.05) is 26.7 Å². The first-order valence-electron chi connectivity index (χ1n) is 7.89. The lowest BCUT2D eigenvalue weighted by molar-refractivity contribution is -0.121. The Morgan fingerprint density at radius 3 is 2.77 bits per heavy atom. The minimum Gasteiger partial charge on any atom is -0.353 e. The Balaban J connectivity index is 0.00000242. The molecule has 2 unspecified atom stereocenters. The highest BCUT2D eigenvalue weighted by Gasteiger charge is 2.27. The van der Waals surface area contributed by atoms with Gasteiger partial charge in [0.05, 0.1) is 0 Å². The smallest absolute Gasteiger partial charge is 0.221 e. The van der Waals surface area contributed by atoms with Crippen molar-refractivity contribution in [1.82, 2.24) is 15.5 Å². The highest BCUT2D eigenvalue weighted by Crippen LogP contribution is 2.21. The van der Waals surface area contributed by atoms with Crippen molar-refractivity contribution in [3.8, 4) is 0 Å². The van der Waals surface area contributed by atoms with Crippen LogP contribution in [0.15, 0.2) is 30.3 Å². The summed E-state index contributed by atoms with van der Waals surface area (Å²) in [6.07, 6.45) is 1.72. The maximum Gasteiger partial charge on any atom is 0.221 e. The topological polar surface area (TPSA) is 44.4 Å². The summed E-state index contributed by atoms with van der Waals surface area (Å²) in [5, 5.41) is 6.14. The number of nitrogens with zero attached hydrogens (tertiary/aromatic N) is 1. The van der Waals surface area contributed by atoms with Crippen LogP contribution in [0.1, 0.15) is 25.3 Å². The van der Waals surface area contributed by atoms with Gasteiger partial charge in [-0.15, -0.1) is 12.4 Å². The summed E-state index contributed by atoms with van der Waals surface area (Å²) < 4.78 is 0. The Morgan fingerprint density at radius 2 is 2.09 bits per heavy atom. The summed E-state index contributed by atoms with van der Waals surface area (Å²) in [6, 6.07) is 10.8. The summed E-state index contributed by atoms with van der Waals surface area (Å²) in [6.45, 7) is 6.08. The molecule has 0 radical (unpaired) electrons. The Bertz CT molecular complexity index is 441. The normalized spacial score (nSPS) is 19.5. The van der Waals surface area contributed by atoms with Crippen molar-refractivity contribution >= 4 is 18.3 Å². The Labute approximate surface area is 140 Å². The molecule has 1 saturated heterocycles. The van der Waals surface area contributed by atoms with Gasteiger partial charge in [-0.3, -0.25) is 9.69 Å². The largest absolute Gasteiger partial charge is 0.353 e. The van der Waals surface area contributed by atoms with Crippen LogP contribution in [0.3, 0.4) is 0 Å². The number of nitrogens with one attached hydrogen (secondary N) is 2. The van der Waals surface area contributed by atoms with E-state index >= 15 is 0 Å². The molecule has 4 nitrogen and oxygen atoms in total. The van der Waals surface area contributed by atoms with Crippen molar-refractivity contribution < 1.29 is 4.79 Å². The molecule has 22 heavy (non-hydrogen) atoms. The SMILES string of the molecule is CNCCC(=O)NC(C)C1CCN(Cc2ccccc2)C1.Cl. The number of rotatable bonds is 7. The van der Waals surface area contributed by atoms with E-state index < -0.39 is 0 Å². The fourth-order valence-electron chi connectivity index (χ4n) is 2.94. The van der Waals surface area contributed by atoms with E-state index in [1.807, 2.05) is 7.05 Å². The first-order valence-corrected chi connectivity index (χ1v) is 7.89. The van der Waals surface area contributed by atoms with Gasteiger partial charge < -0.3 is 10.6 Å². The molecule has 0 spiro atoms. The number of halogens is 1. The molecule has 1 heterocycles. The van der Waals surface area contributed by atoms with E-state index in [9.17, 15) is 4.79 Å². The lowest BCUT2D eigenvalue weighted by Crippen LogP contribution is -2.40. The highest BCUT2D eigenvalue weighted by atomic mass is 35.5. The van der Waals surface area contributed by atoms with Gasteiger partial charge >= 0.3 is 0 Å². The van der Waals surface area contributed by atoms with E-state index in [0.29, 0.717) is 12.3 Å². The van der Waals surface area contributed by atoms with Gasteiger partial charge in [-0.25, -0.2) is 0 Å². The Hall–Kier alpha value is -1.10. The maximum absolute atomic E-state index is 11.8. The average Bonchev–Trinajstić information content (AvgIpc) is 2.95. The van der Waals surface area contributed by atoms with E-state index in [2.05, 4.69) is 52.8 Å². The molecule has 2 atom stereocenters. The number of hydrogen-bond donors (Lipinski definition) is 2. The minimum atomic E-state index is 0. The van der Waals surface area contributed by atoms with Crippen molar-refractivity contribution in [3.05, 3.63) is 35.9 Å². The summed E-state index contributed by atoms with van der Waals surface area (Å²) in [5.41, 5.74) is 1.36. The number of likely N-dealkylation sites (tertiary alicyclic amines) is 1. The minimum absolute atomic E-state index is 0. The molecule has 1 aromatic rings. The number of hydrogen-bond acceptors (Lipinski definition) is 3. The van der Waals surface area contributed by atoms with Gasteiger partial charge in [0, 0.05) is 32.1 Å². The van der Waals surface area contributed by atoms with Crippen LogP contribution in [-0.2, 0) is 11.3 Å². The third-order valence-corrected chi connectivity index (χ3v) is 4.26. The molecule has 0 aliphatic carbocycles. The van der Waals surface area contributed by atoms with E-state index in [-0.39, 0.29) is 24.4 Å². The molecule has 1 aliphatic heterocycles. The lowest BCUT2D eigenvalue weighted by atomic mass is 10.0. The molecule has 1 aliphatic rings. The van der Waals surface area contributed by atoms with Gasteiger partial charge in [-0.1, -0.05) is 30.3 Å². The molecule has 2 N–H and O–H groups in total. The Morgan fingerprint density at radius 1 is 1.36 bits per heavy atom. The molecule has 1 fully saturated rings. The molecular weight excluding hydrogens is 298 g/mol. The van der Waals surface area contributed by atoms with Crippen LogP contribution in [0.2, 0.25) is 0 Å². The molecule has 0 saturated carbocycles. The molecule has 1 amide bonds. The predicted molar refractivity (Wildman–Crippen MR) is 93.2 cm³/mol. The van der Waals surface area contributed by atoms with Crippen LogP contribution in [0.4, 0.5) is 0 Å². The van der Waals surface area contributed by atoms with E-state index in [1.54, 1.807) is 0 Å². The van der Waals surface area contributed by atoms with Gasteiger partial charge in [0.15, 0.2) is 0 Å². The molecule has 0 aromatic heterocycles.